The molecule has 2 aliphatic heterocycles. The molecule has 2 aromatic carbocycles. The number of fused-ring (bicyclic) bond motifs is 1. The van der Waals surface area contributed by atoms with Crippen molar-refractivity contribution in [2.24, 2.45) is 0 Å². The van der Waals surface area contributed by atoms with Crippen molar-refractivity contribution in [1.82, 2.24) is 0 Å². The van der Waals surface area contributed by atoms with Gasteiger partial charge in [0.05, 0.1) is 16.6 Å². The molecule has 0 aliphatic carbocycles. The summed E-state index contributed by atoms with van der Waals surface area (Å²) in [6.07, 6.45) is 0.507. The van der Waals surface area contributed by atoms with Crippen LogP contribution < -0.4 is 9.47 Å². The van der Waals surface area contributed by atoms with Crippen molar-refractivity contribution in [1.29, 1.82) is 0 Å². The van der Waals surface area contributed by atoms with Crippen LogP contribution in [0.5, 0.6) is 11.5 Å². The Balaban J connectivity index is 1.81. The van der Waals surface area contributed by atoms with Gasteiger partial charge in [-0.15, -0.1) is 6.58 Å². The smallest absolute Gasteiger partial charge is 0.454 e. The Labute approximate surface area is 184 Å². The van der Waals surface area contributed by atoms with Gasteiger partial charge in [0, 0.05) is 5.56 Å². The van der Waals surface area contributed by atoms with E-state index in [1.807, 2.05) is 65.0 Å². The van der Waals surface area contributed by atoms with Crippen LogP contribution in [0.1, 0.15) is 57.0 Å². The van der Waals surface area contributed by atoms with Crippen LogP contribution in [0.15, 0.2) is 60.6 Å². The molecule has 1 atom stereocenters. The molecule has 4 rings (SSSR count). The van der Waals surface area contributed by atoms with Crippen molar-refractivity contribution in [2.75, 3.05) is 6.79 Å². The molecule has 0 aromatic heterocycles. The summed E-state index contributed by atoms with van der Waals surface area (Å²) in [5.74, 6) is 1.15. The SMILES string of the molecule is C=C(B1OC(C)(C)C(C)(C)O1)[C@@](CC)(C(=O)c1ccc2c(c1)OCO2)c1ccccc1. The minimum absolute atomic E-state index is 0.0702. The predicted molar refractivity (Wildman–Crippen MR) is 121 cm³/mol. The van der Waals surface area contributed by atoms with Gasteiger partial charge in [-0.3, -0.25) is 4.79 Å². The molecular weight excluding hydrogens is 391 g/mol. The van der Waals surface area contributed by atoms with E-state index in [4.69, 9.17) is 18.8 Å². The van der Waals surface area contributed by atoms with Crippen LogP contribution in [-0.2, 0) is 14.7 Å². The van der Waals surface area contributed by atoms with Crippen molar-refractivity contribution in [2.45, 2.75) is 57.7 Å². The molecule has 1 fully saturated rings. The molecule has 0 saturated carbocycles. The van der Waals surface area contributed by atoms with Gasteiger partial charge >= 0.3 is 7.12 Å². The Morgan fingerprint density at radius 2 is 1.61 bits per heavy atom. The van der Waals surface area contributed by atoms with Crippen LogP contribution in [0.3, 0.4) is 0 Å². The summed E-state index contributed by atoms with van der Waals surface area (Å²) >= 11 is 0. The molecule has 31 heavy (non-hydrogen) atoms. The van der Waals surface area contributed by atoms with E-state index in [0.717, 1.165) is 5.56 Å². The number of carbonyl (C=O) groups is 1. The molecule has 2 aliphatic rings. The molecule has 1 saturated heterocycles. The fraction of sp³-hybridized carbons (Fsp3) is 0.400. The number of ketones is 1. The van der Waals surface area contributed by atoms with Crippen molar-refractivity contribution in [3.05, 3.63) is 71.7 Å². The highest BCUT2D eigenvalue weighted by atomic mass is 16.7. The van der Waals surface area contributed by atoms with Crippen LogP contribution in [0.4, 0.5) is 0 Å². The van der Waals surface area contributed by atoms with Crippen molar-refractivity contribution >= 4 is 12.9 Å². The molecular formula is C25H29BO5. The average molecular weight is 420 g/mol. The van der Waals surface area contributed by atoms with Gasteiger partial charge in [-0.25, -0.2) is 0 Å². The minimum atomic E-state index is -1.02. The summed E-state index contributed by atoms with van der Waals surface area (Å²) in [4.78, 5) is 14.2. The first-order chi connectivity index (χ1) is 14.6. The van der Waals surface area contributed by atoms with Gasteiger partial charge in [0.1, 0.15) is 0 Å². The number of carbonyl (C=O) groups excluding carboxylic acids is 1. The van der Waals surface area contributed by atoms with E-state index < -0.39 is 23.7 Å². The summed E-state index contributed by atoms with van der Waals surface area (Å²) in [6.45, 7) is 14.5. The Morgan fingerprint density at radius 1 is 1.00 bits per heavy atom. The molecule has 0 radical (unpaired) electrons. The molecule has 2 heterocycles. The van der Waals surface area contributed by atoms with Gasteiger partial charge in [0.15, 0.2) is 17.3 Å². The Morgan fingerprint density at radius 3 is 2.23 bits per heavy atom. The van der Waals surface area contributed by atoms with Crippen LogP contribution >= 0.6 is 0 Å². The van der Waals surface area contributed by atoms with Crippen molar-refractivity contribution < 1.29 is 23.6 Å². The molecule has 0 N–H and O–H groups in total. The number of hydrogen-bond acceptors (Lipinski definition) is 5. The van der Waals surface area contributed by atoms with E-state index in [0.29, 0.717) is 29.0 Å². The van der Waals surface area contributed by atoms with Gasteiger partial charge in [-0.05, 0) is 63.4 Å². The van der Waals surface area contributed by atoms with E-state index in [9.17, 15) is 4.79 Å². The Kier molecular flexibility index (Phi) is 5.27. The van der Waals surface area contributed by atoms with Gasteiger partial charge in [0.25, 0.3) is 0 Å². The summed E-state index contributed by atoms with van der Waals surface area (Å²) in [7, 11) is -0.705. The lowest BCUT2D eigenvalue weighted by Gasteiger charge is -2.35. The largest absolute Gasteiger partial charge is 0.491 e. The molecule has 162 valence electrons. The zero-order valence-corrected chi connectivity index (χ0v) is 18.9. The third-order valence-corrected chi connectivity index (χ3v) is 6.91. The molecule has 0 spiro atoms. The lowest BCUT2D eigenvalue weighted by atomic mass is 9.56. The monoisotopic (exact) mass is 420 g/mol. The van der Waals surface area contributed by atoms with Crippen molar-refractivity contribution in [3.8, 4) is 11.5 Å². The average Bonchev–Trinajstić information content (AvgIpc) is 3.30. The Bertz CT molecular complexity index is 998. The highest BCUT2D eigenvalue weighted by Gasteiger charge is 2.57. The maximum atomic E-state index is 14.2. The number of hydrogen-bond donors (Lipinski definition) is 0. The highest BCUT2D eigenvalue weighted by Crippen LogP contribution is 2.46. The number of benzene rings is 2. The number of allylic oxidation sites excluding steroid dienone is 1. The van der Waals surface area contributed by atoms with Crippen LogP contribution in [0.2, 0.25) is 0 Å². The molecule has 6 heteroatoms. The lowest BCUT2D eigenvalue weighted by molar-refractivity contribution is 0.00578. The minimum Gasteiger partial charge on any atom is -0.454 e. The first-order valence-corrected chi connectivity index (χ1v) is 10.7. The van der Waals surface area contributed by atoms with E-state index in [1.165, 1.54) is 0 Å². The van der Waals surface area contributed by atoms with Crippen molar-refractivity contribution in [3.63, 3.8) is 0 Å². The quantitative estimate of drug-likeness (QED) is 0.479. The summed E-state index contributed by atoms with van der Waals surface area (Å²) in [5.41, 5.74) is -0.0807. The number of ether oxygens (including phenoxy) is 2. The molecule has 0 amide bonds. The summed E-state index contributed by atoms with van der Waals surface area (Å²) in [6, 6.07) is 15.0. The Hall–Kier alpha value is -2.57. The predicted octanol–water partition coefficient (Wildman–Crippen LogP) is 5.13. The molecule has 0 unspecified atom stereocenters. The highest BCUT2D eigenvalue weighted by molar-refractivity contribution is 6.56. The van der Waals surface area contributed by atoms with Gasteiger partial charge < -0.3 is 18.8 Å². The summed E-state index contributed by atoms with van der Waals surface area (Å²) in [5, 5.41) is 0. The van der Waals surface area contributed by atoms with Gasteiger partial charge in [-0.2, -0.15) is 0 Å². The second-order valence-electron chi connectivity index (χ2n) is 9.14. The molecule has 5 nitrogen and oxygen atoms in total. The third kappa shape index (κ3) is 3.38. The number of rotatable bonds is 6. The lowest BCUT2D eigenvalue weighted by Crippen LogP contribution is -2.44. The zero-order chi connectivity index (χ0) is 22.4. The standard InChI is InChI=1S/C25H29BO5/c1-7-25(19-11-9-8-10-12-19,17(2)26-30-23(3,4)24(5,6)31-26)22(27)18-13-14-20-21(15-18)29-16-28-20/h8-15H,2,7,16H2,1,3-6H3/t25-/m1/s1. The maximum Gasteiger partial charge on any atom is 0.491 e. The molecule has 2 aromatic rings. The first-order valence-electron chi connectivity index (χ1n) is 10.7. The second kappa shape index (κ2) is 7.54. The van der Waals surface area contributed by atoms with E-state index >= 15 is 0 Å². The van der Waals surface area contributed by atoms with Gasteiger partial charge in [-0.1, -0.05) is 37.3 Å². The van der Waals surface area contributed by atoms with Crippen LogP contribution in [0.25, 0.3) is 0 Å². The van der Waals surface area contributed by atoms with Crippen LogP contribution in [-0.4, -0.2) is 30.9 Å². The van der Waals surface area contributed by atoms with E-state index in [-0.39, 0.29) is 12.6 Å². The fourth-order valence-electron chi connectivity index (χ4n) is 4.25. The second-order valence-corrected chi connectivity index (χ2v) is 9.14. The number of Topliss-reactive ketones (excluding diaryl/α,β-unsaturated/α-hetero) is 1. The topological polar surface area (TPSA) is 54.0 Å². The van der Waals surface area contributed by atoms with Gasteiger partial charge in [0.2, 0.25) is 6.79 Å². The summed E-state index contributed by atoms with van der Waals surface area (Å²) < 4.78 is 23.5. The van der Waals surface area contributed by atoms with Crippen LogP contribution in [0, 0.1) is 0 Å². The van der Waals surface area contributed by atoms with E-state index in [1.54, 1.807) is 18.2 Å². The third-order valence-electron chi connectivity index (χ3n) is 6.91. The maximum absolute atomic E-state index is 14.2. The van der Waals surface area contributed by atoms with E-state index in [2.05, 4.69) is 6.58 Å². The zero-order valence-electron chi connectivity index (χ0n) is 18.9. The fourth-order valence-corrected chi connectivity index (χ4v) is 4.25. The first kappa shape index (κ1) is 21.7. The molecule has 0 bridgehead atoms. The normalized spacial score (nSPS) is 20.4.